The van der Waals surface area contributed by atoms with Crippen molar-refractivity contribution in [2.75, 3.05) is 135 Å². The van der Waals surface area contributed by atoms with Gasteiger partial charge >= 0.3 is 17.9 Å². The van der Waals surface area contributed by atoms with Crippen LogP contribution in [0.4, 0.5) is 45.5 Å². The van der Waals surface area contributed by atoms with Crippen molar-refractivity contribution >= 4 is 63.4 Å². The molecule has 0 N–H and O–H groups in total. The zero-order chi connectivity index (χ0) is 90.9. The van der Waals surface area contributed by atoms with E-state index in [9.17, 15) is 14.4 Å². The minimum Gasteiger partial charge on any atom is -0.496 e. The molecule has 10 aromatic carbocycles. The van der Waals surface area contributed by atoms with Crippen molar-refractivity contribution in [1.29, 1.82) is 0 Å². The lowest BCUT2D eigenvalue weighted by Gasteiger charge is -2.34. The molecule has 11 aromatic rings. The molecule has 19 nitrogen and oxygen atoms in total. The number of pyridine rings is 1. The Hall–Kier alpha value is -12.6. The summed E-state index contributed by atoms with van der Waals surface area (Å²) < 4.78 is 56.9. The van der Waals surface area contributed by atoms with Crippen LogP contribution in [0.2, 0.25) is 0 Å². The molecule has 0 saturated carbocycles. The lowest BCUT2D eigenvalue weighted by Crippen LogP contribution is -2.32. The predicted molar refractivity (Wildman–Crippen MR) is 519 cm³/mol. The standard InChI is InChI=1S/C40H40N2O4.C40H56N2O4.C29H35N3O4/c1-5-41(29-17-11-9-12-18-29)31-23-25-35(37(27-31)44-7-3)40(34-22-16-15-21-33(34)39(43)46-40)36-26-24-32(28-38(36)45-8-4)42(6-2)30-19-13-10-14-20-30;1-7-13-25-41(26-14-8-2)31-21-23-35(37(29-31)44-11-5)40(34-20-18-17-19-33(34)39(43)46-40)36-24-22-32(30-38(36)45-12-6)42(27-15-9-3)28-16-10-4;1-7-31(8-2)20-13-15-23(25(18-20)34-5)29(27-22(28(33)36-29)12-11-17-30-27)24-16-14-21(19-26(24)35-6)32(9-3)10-4/h9-28H,5-8H2,1-4H3;17-24,29-30H,7-16,25-28H2,1-6H3;11-19H,7-10H2,1-6H3. The van der Waals surface area contributed by atoms with Crippen molar-refractivity contribution < 1.29 is 57.0 Å². The number of nitrogens with zero attached hydrogens (tertiary/aromatic N) is 7. The maximum Gasteiger partial charge on any atom is 0.341 e. The van der Waals surface area contributed by atoms with E-state index in [0.29, 0.717) is 82.9 Å². The lowest BCUT2D eigenvalue weighted by atomic mass is 9.78. The summed E-state index contributed by atoms with van der Waals surface area (Å²) in [5.41, 5.74) is 12.7. The van der Waals surface area contributed by atoms with Crippen molar-refractivity contribution in [2.45, 2.75) is 165 Å². The average molecular weight is 1730 g/mol. The van der Waals surface area contributed by atoms with Crippen molar-refractivity contribution in [2.24, 2.45) is 0 Å². The van der Waals surface area contributed by atoms with E-state index in [1.165, 1.54) is 0 Å². The molecule has 0 amide bonds. The van der Waals surface area contributed by atoms with Gasteiger partial charge in [0.05, 0.1) is 57.3 Å². The smallest absolute Gasteiger partial charge is 0.341 e. The van der Waals surface area contributed by atoms with Gasteiger partial charge in [-0.3, -0.25) is 4.98 Å². The number of hydrogen-bond donors (Lipinski definition) is 0. The zero-order valence-corrected chi connectivity index (χ0v) is 78.1. The zero-order valence-electron chi connectivity index (χ0n) is 78.1. The predicted octanol–water partition coefficient (Wildman–Crippen LogP) is 24.3. The van der Waals surface area contributed by atoms with Crippen LogP contribution < -0.4 is 57.8 Å². The summed E-state index contributed by atoms with van der Waals surface area (Å²) >= 11 is 0. The van der Waals surface area contributed by atoms with E-state index >= 15 is 0 Å². The third kappa shape index (κ3) is 19.4. The molecule has 0 bridgehead atoms. The van der Waals surface area contributed by atoms with Gasteiger partial charge in [0, 0.05) is 198 Å². The summed E-state index contributed by atoms with van der Waals surface area (Å²) in [6.07, 6.45) is 10.7. The Morgan fingerprint density at radius 3 is 0.875 bits per heavy atom. The molecule has 4 heterocycles. The van der Waals surface area contributed by atoms with Gasteiger partial charge in [0.15, 0.2) is 11.2 Å². The van der Waals surface area contributed by atoms with E-state index in [-0.39, 0.29) is 11.9 Å². The number of aromatic nitrogens is 1. The Kier molecular flexibility index (Phi) is 33.0. The highest BCUT2D eigenvalue weighted by Gasteiger charge is 2.56. The first kappa shape index (κ1) is 94.5. The number of carbonyl (C=O) groups excluding carboxylic acids is 3. The maximum atomic E-state index is 13.7. The maximum absolute atomic E-state index is 13.7. The van der Waals surface area contributed by atoms with Crippen LogP contribution in [0, 0.1) is 0 Å². The normalized spacial score (nSPS) is 13.3. The van der Waals surface area contributed by atoms with Gasteiger partial charge in [-0.25, -0.2) is 14.4 Å². The van der Waals surface area contributed by atoms with Gasteiger partial charge in [0.25, 0.3) is 0 Å². The van der Waals surface area contributed by atoms with Crippen LogP contribution in [0.5, 0.6) is 34.5 Å². The molecule has 3 aliphatic heterocycles. The fourth-order valence-electron chi connectivity index (χ4n) is 18.1. The van der Waals surface area contributed by atoms with Gasteiger partial charge in [0.1, 0.15) is 40.2 Å². The monoisotopic (exact) mass is 1730 g/mol. The molecule has 3 aliphatic rings. The molecule has 0 fully saturated rings. The molecule has 128 heavy (non-hydrogen) atoms. The van der Waals surface area contributed by atoms with Crippen LogP contribution in [0.3, 0.4) is 0 Å². The highest BCUT2D eigenvalue weighted by atomic mass is 16.6. The number of anilines is 8. The van der Waals surface area contributed by atoms with Crippen molar-refractivity contribution in [3.05, 3.63) is 304 Å². The van der Waals surface area contributed by atoms with Crippen molar-refractivity contribution in [3.8, 4) is 34.5 Å². The van der Waals surface area contributed by atoms with Crippen LogP contribution >= 0.6 is 0 Å². The molecular weight excluding hydrogens is 1600 g/mol. The molecule has 0 atom stereocenters. The molecule has 0 saturated heterocycles. The number of esters is 3. The minimum atomic E-state index is -1.33. The Bertz CT molecular complexity index is 5250. The number of rotatable bonds is 42. The molecule has 0 unspecified atom stereocenters. The van der Waals surface area contributed by atoms with Crippen molar-refractivity contribution in [1.82, 2.24) is 4.98 Å². The van der Waals surface area contributed by atoms with Crippen LogP contribution in [0.25, 0.3) is 0 Å². The van der Waals surface area contributed by atoms with Gasteiger partial charge in [-0.1, -0.05) is 126 Å². The fourth-order valence-corrected chi connectivity index (χ4v) is 18.1. The summed E-state index contributed by atoms with van der Waals surface area (Å²) in [6.45, 7) is 40.4. The number of unbranched alkanes of at least 4 members (excludes halogenated alkanes) is 4. The third-order valence-electron chi connectivity index (χ3n) is 24.4. The van der Waals surface area contributed by atoms with E-state index in [4.69, 9.17) is 42.6 Å². The second-order valence-electron chi connectivity index (χ2n) is 31.8. The number of ether oxygens (including phenoxy) is 9. The molecule has 1 aromatic heterocycles. The SMILES string of the molecule is CCCCN(CCCC)c1ccc(C2(c3ccc(N(CCCC)CCCC)cc3OCC)OC(=O)c3ccccc32)c(OCC)c1.CCN(CC)c1ccc(C2(c3ccc(N(CC)CC)cc3OC)OC(=O)c3cccnc32)c(OC)c1.CCOc1cc(N(CC)c2ccccc2)ccc1C1(c2ccc(N(CC)c3ccccc3)cc2OCC)OC(=O)c2ccccc21. The Morgan fingerprint density at radius 1 is 0.273 bits per heavy atom. The number of cyclic esters (lactones) is 3. The van der Waals surface area contributed by atoms with Crippen LogP contribution in [0.15, 0.2) is 237 Å². The van der Waals surface area contributed by atoms with E-state index < -0.39 is 22.8 Å². The molecule has 0 aliphatic carbocycles. The van der Waals surface area contributed by atoms with Gasteiger partial charge < -0.3 is 72.0 Å². The van der Waals surface area contributed by atoms with Gasteiger partial charge in [-0.05, 0) is 216 Å². The molecule has 14 rings (SSSR count). The molecular formula is C109H131N7O12. The molecule has 0 radical (unpaired) electrons. The number of fused-ring (bicyclic) bond motifs is 3. The van der Waals surface area contributed by atoms with E-state index in [0.717, 1.165) is 207 Å². The van der Waals surface area contributed by atoms with Crippen LogP contribution in [-0.4, -0.2) is 129 Å². The fraction of sp³-hybridized carbons (Fsp3) is 0.376. The highest BCUT2D eigenvalue weighted by molar-refractivity contribution is 5.99. The Morgan fingerprint density at radius 2 is 0.555 bits per heavy atom. The second kappa shape index (κ2) is 44.7. The Labute approximate surface area is 759 Å². The number of carbonyl (C=O) groups is 3. The number of hydrogen-bond acceptors (Lipinski definition) is 19. The summed E-state index contributed by atoms with van der Waals surface area (Å²) in [4.78, 5) is 59.1. The van der Waals surface area contributed by atoms with E-state index in [1.807, 2.05) is 161 Å². The van der Waals surface area contributed by atoms with Crippen LogP contribution in [0.1, 0.15) is 230 Å². The topological polar surface area (TPSA) is 167 Å². The Balaban J connectivity index is 0.000000176. The second-order valence-corrected chi connectivity index (χ2v) is 31.8. The van der Waals surface area contributed by atoms with E-state index in [2.05, 4.69) is 189 Å². The molecule has 19 heteroatoms. The third-order valence-corrected chi connectivity index (χ3v) is 24.4. The number of methoxy groups -OCH3 is 2. The number of para-hydroxylation sites is 2. The van der Waals surface area contributed by atoms with Gasteiger partial charge in [0.2, 0.25) is 5.60 Å². The lowest BCUT2D eigenvalue weighted by molar-refractivity contribution is 0.0222. The minimum absolute atomic E-state index is 0.339. The molecule has 674 valence electrons. The molecule has 0 spiro atoms. The summed E-state index contributed by atoms with van der Waals surface area (Å²) in [6, 6.07) is 76.6. The van der Waals surface area contributed by atoms with Crippen LogP contribution in [-0.2, 0) is 31.0 Å². The van der Waals surface area contributed by atoms with Crippen molar-refractivity contribution in [3.63, 3.8) is 0 Å². The van der Waals surface area contributed by atoms with Gasteiger partial charge in [-0.2, -0.15) is 0 Å². The first-order valence-electron chi connectivity index (χ1n) is 46.5. The average Bonchev–Trinajstić information content (AvgIpc) is 1.53. The summed E-state index contributed by atoms with van der Waals surface area (Å²) in [5, 5.41) is 0. The van der Waals surface area contributed by atoms with E-state index in [1.54, 1.807) is 32.5 Å². The summed E-state index contributed by atoms with van der Waals surface area (Å²) in [7, 11) is 3.27. The first-order chi connectivity index (χ1) is 62.5. The first-order valence-corrected chi connectivity index (χ1v) is 46.5. The number of benzene rings is 10. The largest absolute Gasteiger partial charge is 0.496 e. The summed E-state index contributed by atoms with van der Waals surface area (Å²) in [5.74, 6) is 2.81. The quantitative estimate of drug-likeness (QED) is 0.0262. The highest BCUT2D eigenvalue weighted by Crippen LogP contribution is 2.58. The van der Waals surface area contributed by atoms with Gasteiger partial charge in [-0.15, -0.1) is 0 Å².